The van der Waals surface area contributed by atoms with Gasteiger partial charge < -0.3 is 29.7 Å². The van der Waals surface area contributed by atoms with E-state index in [1.165, 1.54) is 9.25 Å². The van der Waals surface area contributed by atoms with Crippen LogP contribution in [0.5, 0.6) is 5.75 Å². The number of benzene rings is 2. The van der Waals surface area contributed by atoms with E-state index >= 15 is 13.2 Å². The number of imide groups is 1. The average Bonchev–Trinajstić information content (AvgIpc) is 4.06. The number of nitrogens with one attached hydrogen (secondary N) is 3. The van der Waals surface area contributed by atoms with Crippen molar-refractivity contribution in [2.24, 2.45) is 31.8 Å². The summed E-state index contributed by atoms with van der Waals surface area (Å²) in [6.45, 7) is 5.58. The molecule has 4 atom stereocenters. The Bertz CT molecular complexity index is 2720. The van der Waals surface area contributed by atoms with Gasteiger partial charge in [0.1, 0.15) is 10.5 Å². The van der Waals surface area contributed by atoms with Crippen molar-refractivity contribution in [3.05, 3.63) is 69.0 Å². The number of pyridine rings is 1. The van der Waals surface area contributed by atoms with Crippen LogP contribution in [0, 0.1) is 23.6 Å². The van der Waals surface area contributed by atoms with Crippen molar-refractivity contribution >= 4 is 68.4 Å². The maximum absolute atomic E-state index is 16.2. The molecule has 1 aliphatic carbocycles. The van der Waals surface area contributed by atoms with Gasteiger partial charge in [-0.2, -0.15) is 10.1 Å². The van der Waals surface area contributed by atoms with Gasteiger partial charge in [-0.1, -0.05) is 30.7 Å². The zero-order valence-electron chi connectivity index (χ0n) is 35.4. The number of carbonyl (C=O) groups is 2. The van der Waals surface area contributed by atoms with Crippen LogP contribution in [0.4, 0.5) is 36.3 Å². The lowest BCUT2D eigenvalue weighted by Gasteiger charge is -2.41. The summed E-state index contributed by atoms with van der Waals surface area (Å²) in [5.74, 6) is -3.19. The summed E-state index contributed by atoms with van der Waals surface area (Å²) in [4.78, 5) is 51.7. The molecular weight excluding hydrogens is 837 g/mol. The van der Waals surface area contributed by atoms with Crippen molar-refractivity contribution in [2.75, 3.05) is 54.9 Å². The molecule has 3 N–H and O–H groups in total. The number of carbonyl (C=O) groups excluding carboxylic acids is 2. The van der Waals surface area contributed by atoms with E-state index in [-0.39, 0.29) is 47.3 Å². The Morgan fingerprint density at radius 1 is 1.00 bits per heavy atom. The SMILES string of the molecule is CC1CN(c2ncc(Cl)c(Nc3ccc4c(c3)c3c(c(=O)n4C)OCC(F)(F)C(C4CC4)N3)n2)CCC1CN1CCC(c2ccc3c(C4CCC(=O)NC4=O)nn(C)c3c2F)CC1. The van der Waals surface area contributed by atoms with Crippen LogP contribution in [0.2, 0.25) is 5.02 Å². The van der Waals surface area contributed by atoms with E-state index in [2.05, 4.69) is 42.8 Å². The molecule has 14 nitrogen and oxygen atoms in total. The number of ether oxygens (including phenoxy) is 1. The minimum absolute atomic E-state index is 0.0698. The molecule has 0 spiro atoms. The second-order valence-electron chi connectivity index (χ2n) is 18.2. The lowest BCUT2D eigenvalue weighted by molar-refractivity contribution is -0.134. The average molecular weight is 887 g/mol. The van der Waals surface area contributed by atoms with E-state index in [4.69, 9.17) is 21.3 Å². The number of anilines is 4. The van der Waals surface area contributed by atoms with E-state index in [9.17, 15) is 14.4 Å². The number of nitrogens with zero attached hydrogens (tertiary/aromatic N) is 7. The van der Waals surface area contributed by atoms with Gasteiger partial charge in [0.05, 0.1) is 35.1 Å². The largest absolute Gasteiger partial charge is 0.480 e. The van der Waals surface area contributed by atoms with Crippen molar-refractivity contribution < 1.29 is 27.5 Å². The van der Waals surface area contributed by atoms with Crippen LogP contribution in [-0.4, -0.2) is 92.3 Å². The molecule has 0 bridgehead atoms. The minimum Gasteiger partial charge on any atom is -0.480 e. The molecule has 0 radical (unpaired) electrons. The third-order valence-corrected chi connectivity index (χ3v) is 14.3. The van der Waals surface area contributed by atoms with Gasteiger partial charge in [0.25, 0.3) is 5.56 Å². The summed E-state index contributed by atoms with van der Waals surface area (Å²) < 4.78 is 55.0. The van der Waals surface area contributed by atoms with E-state index in [0.29, 0.717) is 86.6 Å². The molecule has 3 aromatic heterocycles. The lowest BCUT2D eigenvalue weighted by Crippen LogP contribution is -2.45. The molecule has 332 valence electrons. The summed E-state index contributed by atoms with van der Waals surface area (Å²) in [7, 11) is 3.30. The van der Waals surface area contributed by atoms with E-state index in [0.717, 1.165) is 52.0 Å². The van der Waals surface area contributed by atoms with Gasteiger partial charge >= 0.3 is 5.92 Å². The molecule has 2 amide bonds. The molecule has 1 saturated carbocycles. The van der Waals surface area contributed by atoms with Gasteiger partial charge in [0, 0.05) is 56.6 Å². The van der Waals surface area contributed by atoms with E-state index < -0.39 is 30.0 Å². The predicted octanol–water partition coefficient (Wildman–Crippen LogP) is 6.83. The Labute approximate surface area is 366 Å². The van der Waals surface area contributed by atoms with Gasteiger partial charge in [-0.05, 0) is 99.0 Å². The first-order valence-corrected chi connectivity index (χ1v) is 22.3. The molecule has 7 heterocycles. The summed E-state index contributed by atoms with van der Waals surface area (Å²) >= 11 is 6.65. The molecule has 4 fully saturated rings. The van der Waals surface area contributed by atoms with Crippen molar-refractivity contribution in [3.63, 3.8) is 0 Å². The maximum atomic E-state index is 16.2. The number of rotatable bonds is 8. The smallest absolute Gasteiger partial charge is 0.301 e. The van der Waals surface area contributed by atoms with Crippen LogP contribution < -0.4 is 31.1 Å². The quantitative estimate of drug-likeness (QED) is 0.141. The van der Waals surface area contributed by atoms with Crippen LogP contribution in [0.3, 0.4) is 0 Å². The topological polar surface area (TPSA) is 152 Å². The highest BCUT2D eigenvalue weighted by molar-refractivity contribution is 6.33. The van der Waals surface area contributed by atoms with E-state index in [1.807, 2.05) is 12.1 Å². The Morgan fingerprint density at radius 2 is 1.79 bits per heavy atom. The fraction of sp³-hybridized carbons (Fsp3) is 0.511. The van der Waals surface area contributed by atoms with Crippen molar-refractivity contribution in [3.8, 4) is 5.75 Å². The highest BCUT2D eigenvalue weighted by Gasteiger charge is 2.51. The molecule has 4 unspecified atom stereocenters. The highest BCUT2D eigenvalue weighted by Crippen LogP contribution is 2.46. The third kappa shape index (κ3) is 7.64. The maximum Gasteiger partial charge on any atom is 0.301 e. The number of hydrogen-bond acceptors (Lipinski definition) is 11. The van der Waals surface area contributed by atoms with Crippen LogP contribution in [-0.2, 0) is 23.7 Å². The number of likely N-dealkylation sites (tertiary alicyclic amines) is 1. The molecule has 18 heteroatoms. The summed E-state index contributed by atoms with van der Waals surface area (Å²) in [6.07, 6.45) is 6.17. The number of amides is 2. The Kier molecular flexibility index (Phi) is 10.5. The number of hydrogen-bond donors (Lipinski definition) is 3. The fourth-order valence-electron chi connectivity index (χ4n) is 10.3. The van der Waals surface area contributed by atoms with Gasteiger partial charge in [-0.25, -0.2) is 18.2 Å². The molecule has 4 aliphatic heterocycles. The monoisotopic (exact) mass is 886 g/mol. The van der Waals surface area contributed by atoms with Gasteiger partial charge in [0.15, 0.2) is 18.2 Å². The zero-order valence-corrected chi connectivity index (χ0v) is 36.2. The lowest BCUT2D eigenvalue weighted by atomic mass is 9.84. The van der Waals surface area contributed by atoms with Crippen LogP contribution in [0.15, 0.2) is 41.3 Å². The molecule has 63 heavy (non-hydrogen) atoms. The van der Waals surface area contributed by atoms with Crippen LogP contribution >= 0.6 is 11.6 Å². The summed E-state index contributed by atoms with van der Waals surface area (Å²) in [5.41, 5.74) is 2.54. The number of piperidine rings is 3. The van der Waals surface area contributed by atoms with Crippen molar-refractivity contribution in [1.82, 2.24) is 34.5 Å². The molecule has 2 aromatic carbocycles. The second kappa shape index (κ2) is 16.0. The number of aromatic nitrogens is 5. The molecule has 3 saturated heterocycles. The summed E-state index contributed by atoms with van der Waals surface area (Å²) in [6, 6.07) is 7.96. The number of fused-ring (bicyclic) bond motifs is 4. The van der Waals surface area contributed by atoms with Crippen molar-refractivity contribution in [2.45, 2.75) is 75.7 Å². The highest BCUT2D eigenvalue weighted by atomic mass is 35.5. The van der Waals surface area contributed by atoms with Crippen LogP contribution in [0.1, 0.15) is 75.0 Å². The molecule has 5 aliphatic rings. The van der Waals surface area contributed by atoms with Crippen LogP contribution in [0.25, 0.3) is 21.8 Å². The third-order valence-electron chi connectivity index (χ3n) is 14.1. The molecule has 10 rings (SSSR count). The van der Waals surface area contributed by atoms with Gasteiger partial charge in [-0.15, -0.1) is 0 Å². The Morgan fingerprint density at radius 3 is 2.54 bits per heavy atom. The molecular formula is C45H50ClF3N10O4. The Balaban J connectivity index is 0.784. The standard InChI is InChI=1S/C45H50ClF3N10O4/c1-23-20-59(17-14-26(23)21-58-15-12-24(13-16-58)28-7-8-29-36(55-57(3)38(29)35(28)47)30-9-11-34(60)52-42(30)61)44-50-19-32(46)41(54-44)51-27-6-10-33-31(18-27)37-39(43(62)56(33)2)63-22-45(48,49)40(53-37)25-4-5-25/h6-8,10,18-19,23-26,30,40,53H,4-5,9,11-17,20-22H2,1-3H3,(H,50,51,54)(H,52,60,61). The zero-order chi connectivity index (χ0) is 43.9. The first kappa shape index (κ1) is 41.6. The Hall–Kier alpha value is -5.42. The fourth-order valence-corrected chi connectivity index (χ4v) is 10.5. The minimum atomic E-state index is -3.14. The predicted molar refractivity (Wildman–Crippen MR) is 234 cm³/mol. The number of aryl methyl sites for hydroxylation is 2. The first-order chi connectivity index (χ1) is 30.2. The van der Waals surface area contributed by atoms with Crippen molar-refractivity contribution in [1.29, 1.82) is 0 Å². The van der Waals surface area contributed by atoms with Gasteiger partial charge in [-0.3, -0.25) is 24.4 Å². The van der Waals surface area contributed by atoms with Gasteiger partial charge in [0.2, 0.25) is 23.5 Å². The first-order valence-electron chi connectivity index (χ1n) is 21.9. The number of halogens is 4. The number of alkyl halides is 2. The second-order valence-corrected chi connectivity index (χ2v) is 18.6. The summed E-state index contributed by atoms with van der Waals surface area (Å²) in [5, 5.41) is 14.8. The molecule has 5 aromatic rings. The van der Waals surface area contributed by atoms with E-state index in [1.54, 1.807) is 38.5 Å². The normalized spacial score (nSPS) is 24.5.